The smallest absolute Gasteiger partial charge is 0.294 e. The molecule has 1 N–H and O–H groups in total. The van der Waals surface area contributed by atoms with Crippen molar-refractivity contribution in [2.24, 2.45) is 0 Å². The number of amides is 3. The van der Waals surface area contributed by atoms with E-state index in [1.54, 1.807) is 42.5 Å². The lowest BCUT2D eigenvalue weighted by Crippen LogP contribution is -2.36. The van der Waals surface area contributed by atoms with Gasteiger partial charge in [-0.25, -0.2) is 0 Å². The number of nitrogens with one attached hydrogen (secondary N) is 1. The summed E-state index contributed by atoms with van der Waals surface area (Å²) in [4.78, 5) is 38.9. The molecule has 33 heavy (non-hydrogen) atoms. The summed E-state index contributed by atoms with van der Waals surface area (Å²) in [5.74, 6) is 0.325. The fourth-order valence-corrected chi connectivity index (χ4v) is 4.01. The van der Waals surface area contributed by atoms with Crippen LogP contribution in [0.15, 0.2) is 60.0 Å². The van der Waals surface area contributed by atoms with E-state index < -0.39 is 17.1 Å². The number of ether oxygens (including phenoxy) is 2. The van der Waals surface area contributed by atoms with E-state index in [1.807, 2.05) is 12.1 Å². The topological polar surface area (TPSA) is 84.9 Å². The van der Waals surface area contributed by atoms with E-state index >= 15 is 0 Å². The Morgan fingerprint density at radius 2 is 1.91 bits per heavy atom. The van der Waals surface area contributed by atoms with Crippen LogP contribution in [-0.4, -0.2) is 42.2 Å². The van der Waals surface area contributed by atoms with Gasteiger partial charge in [0.05, 0.1) is 12.0 Å². The number of nitrogens with zero attached hydrogens (tertiary/aromatic N) is 1. The van der Waals surface area contributed by atoms with E-state index in [9.17, 15) is 14.4 Å². The molecule has 3 rings (SSSR count). The number of rotatable bonds is 9. The van der Waals surface area contributed by atoms with Crippen molar-refractivity contribution >= 4 is 40.6 Å². The fourth-order valence-electron chi connectivity index (χ4n) is 3.18. The summed E-state index contributed by atoms with van der Waals surface area (Å²) in [6, 6.07) is 12.7. The van der Waals surface area contributed by atoms with Gasteiger partial charge in [-0.2, -0.15) is 0 Å². The number of benzene rings is 2. The van der Waals surface area contributed by atoms with E-state index in [2.05, 4.69) is 25.7 Å². The Balaban J connectivity index is 1.73. The molecule has 2 aromatic carbocycles. The highest BCUT2D eigenvalue weighted by Crippen LogP contribution is 2.37. The molecular weight excluding hydrogens is 440 g/mol. The number of methoxy groups -OCH3 is 1. The number of anilines is 1. The highest BCUT2D eigenvalue weighted by Gasteiger charge is 2.36. The Kier molecular flexibility index (Phi) is 7.95. The zero-order chi connectivity index (χ0) is 24.0. The van der Waals surface area contributed by atoms with Crippen LogP contribution in [0.1, 0.15) is 30.9 Å². The number of carbonyl (C=O) groups is 3. The van der Waals surface area contributed by atoms with E-state index in [0.29, 0.717) is 28.7 Å². The maximum Gasteiger partial charge on any atom is 0.294 e. The minimum Gasteiger partial charge on any atom is -0.493 e. The summed E-state index contributed by atoms with van der Waals surface area (Å²) in [6.07, 6.45) is 3.16. The Labute approximate surface area is 197 Å². The number of para-hydroxylation sites is 1. The molecule has 0 radical (unpaired) electrons. The van der Waals surface area contributed by atoms with Gasteiger partial charge in [-0.15, -0.1) is 0 Å². The molecule has 0 saturated carbocycles. The van der Waals surface area contributed by atoms with Crippen molar-refractivity contribution < 1.29 is 23.9 Å². The van der Waals surface area contributed by atoms with Crippen molar-refractivity contribution in [2.45, 2.75) is 19.8 Å². The first-order valence-corrected chi connectivity index (χ1v) is 11.2. The normalized spacial score (nSPS) is 14.7. The van der Waals surface area contributed by atoms with E-state index in [0.717, 1.165) is 22.2 Å². The minimum atomic E-state index is -0.534. The standard InChI is InChI=1S/C25H26N2O5S/c1-5-13-32-23-18(7-6-8-20(23)31-4)14-21-24(29)27(25(30)33-21)15-22(28)26-19-11-9-17(10-12-19)16(2)3/h5-12,14,16H,1,13,15H2,2-4H3,(H,26,28)/b21-14-. The highest BCUT2D eigenvalue weighted by atomic mass is 32.2. The lowest BCUT2D eigenvalue weighted by molar-refractivity contribution is -0.127. The van der Waals surface area contributed by atoms with Crippen LogP contribution in [0.2, 0.25) is 0 Å². The van der Waals surface area contributed by atoms with Crippen LogP contribution < -0.4 is 14.8 Å². The van der Waals surface area contributed by atoms with Crippen molar-refractivity contribution in [3.05, 3.63) is 71.2 Å². The average molecular weight is 467 g/mol. The number of thioether (sulfide) groups is 1. The van der Waals surface area contributed by atoms with Crippen LogP contribution in [-0.2, 0) is 9.59 Å². The molecular formula is C25H26N2O5S. The van der Waals surface area contributed by atoms with Crippen LogP contribution in [0.3, 0.4) is 0 Å². The molecule has 3 amide bonds. The number of carbonyl (C=O) groups excluding carboxylic acids is 3. The third kappa shape index (κ3) is 5.84. The largest absolute Gasteiger partial charge is 0.493 e. The monoisotopic (exact) mass is 466 g/mol. The SMILES string of the molecule is C=CCOc1c(/C=C2\SC(=O)N(CC(=O)Nc3ccc(C(C)C)cc3)C2=O)cccc1OC. The maximum atomic E-state index is 12.9. The molecule has 1 saturated heterocycles. The Morgan fingerprint density at radius 3 is 2.55 bits per heavy atom. The fraction of sp³-hybridized carbons (Fsp3) is 0.240. The van der Waals surface area contributed by atoms with E-state index in [1.165, 1.54) is 7.11 Å². The third-order valence-electron chi connectivity index (χ3n) is 4.90. The Hall–Kier alpha value is -3.52. The van der Waals surface area contributed by atoms with Crippen LogP contribution >= 0.6 is 11.8 Å². The van der Waals surface area contributed by atoms with Crippen LogP contribution in [0.4, 0.5) is 10.5 Å². The number of hydrogen-bond acceptors (Lipinski definition) is 6. The molecule has 1 aliphatic heterocycles. The van der Waals surface area contributed by atoms with Gasteiger partial charge in [0.15, 0.2) is 11.5 Å². The lowest BCUT2D eigenvalue weighted by atomic mass is 10.0. The van der Waals surface area contributed by atoms with Gasteiger partial charge in [-0.05, 0) is 47.5 Å². The predicted octanol–water partition coefficient (Wildman–Crippen LogP) is 5.06. The molecule has 0 unspecified atom stereocenters. The van der Waals surface area contributed by atoms with Crippen molar-refractivity contribution in [1.82, 2.24) is 4.90 Å². The summed E-state index contributed by atoms with van der Waals surface area (Å²) in [7, 11) is 1.52. The zero-order valence-electron chi connectivity index (χ0n) is 18.8. The molecule has 2 aromatic rings. The van der Waals surface area contributed by atoms with Gasteiger partial charge in [-0.1, -0.05) is 50.8 Å². The second kappa shape index (κ2) is 10.9. The van der Waals surface area contributed by atoms with Gasteiger partial charge < -0.3 is 14.8 Å². The molecule has 0 aromatic heterocycles. The van der Waals surface area contributed by atoms with Gasteiger partial charge in [0.2, 0.25) is 5.91 Å². The zero-order valence-corrected chi connectivity index (χ0v) is 19.6. The number of imide groups is 1. The second-order valence-electron chi connectivity index (χ2n) is 7.57. The first kappa shape index (κ1) is 24.1. The highest BCUT2D eigenvalue weighted by molar-refractivity contribution is 8.18. The van der Waals surface area contributed by atoms with E-state index in [4.69, 9.17) is 9.47 Å². The quantitative estimate of drug-likeness (QED) is 0.411. The van der Waals surface area contributed by atoms with Crippen LogP contribution in [0.5, 0.6) is 11.5 Å². The Morgan fingerprint density at radius 1 is 1.18 bits per heavy atom. The van der Waals surface area contributed by atoms with Crippen LogP contribution in [0, 0.1) is 0 Å². The summed E-state index contributed by atoms with van der Waals surface area (Å²) in [6.45, 7) is 7.69. The molecule has 8 heteroatoms. The molecule has 0 bridgehead atoms. The van der Waals surface area contributed by atoms with Crippen molar-refractivity contribution in [3.63, 3.8) is 0 Å². The molecule has 1 fully saturated rings. The summed E-state index contributed by atoms with van der Waals surface area (Å²) in [5, 5.41) is 2.22. The lowest BCUT2D eigenvalue weighted by Gasteiger charge is -2.13. The maximum absolute atomic E-state index is 12.9. The third-order valence-corrected chi connectivity index (χ3v) is 5.81. The van der Waals surface area contributed by atoms with Crippen molar-refractivity contribution in [1.29, 1.82) is 0 Å². The second-order valence-corrected chi connectivity index (χ2v) is 8.56. The molecule has 1 aliphatic rings. The van der Waals surface area contributed by atoms with Gasteiger partial charge in [0.25, 0.3) is 11.1 Å². The predicted molar refractivity (Wildman–Crippen MR) is 131 cm³/mol. The van der Waals surface area contributed by atoms with Crippen LogP contribution in [0.25, 0.3) is 6.08 Å². The molecule has 7 nitrogen and oxygen atoms in total. The molecule has 0 atom stereocenters. The summed E-state index contributed by atoms with van der Waals surface area (Å²) < 4.78 is 11.0. The van der Waals surface area contributed by atoms with Crippen molar-refractivity contribution in [3.8, 4) is 11.5 Å². The molecule has 0 spiro atoms. The molecule has 0 aliphatic carbocycles. The van der Waals surface area contributed by atoms with Gasteiger partial charge in [-0.3, -0.25) is 19.3 Å². The summed E-state index contributed by atoms with van der Waals surface area (Å²) >= 11 is 0.778. The van der Waals surface area contributed by atoms with Gasteiger partial charge in [0, 0.05) is 11.3 Å². The Bertz CT molecular complexity index is 1090. The van der Waals surface area contributed by atoms with E-state index in [-0.39, 0.29) is 18.1 Å². The molecule has 1 heterocycles. The molecule has 172 valence electrons. The van der Waals surface area contributed by atoms with Gasteiger partial charge in [0.1, 0.15) is 13.2 Å². The number of hydrogen-bond donors (Lipinski definition) is 1. The summed E-state index contributed by atoms with van der Waals surface area (Å²) in [5.41, 5.74) is 2.33. The minimum absolute atomic E-state index is 0.200. The van der Waals surface area contributed by atoms with Crippen molar-refractivity contribution in [2.75, 3.05) is 25.6 Å². The first-order valence-electron chi connectivity index (χ1n) is 10.4. The first-order chi connectivity index (χ1) is 15.8. The van der Waals surface area contributed by atoms with Gasteiger partial charge >= 0.3 is 0 Å². The average Bonchev–Trinajstić information content (AvgIpc) is 3.05.